The molecule has 2 aromatic heterocycles. The number of aromatic nitrogens is 3. The van der Waals surface area contributed by atoms with Gasteiger partial charge in [-0.3, -0.25) is 9.79 Å². The lowest BCUT2D eigenvalue weighted by Gasteiger charge is -2.14. The van der Waals surface area contributed by atoms with Crippen LogP contribution >= 0.6 is 34.8 Å². The number of fused-ring (bicyclic) bond motifs is 1. The van der Waals surface area contributed by atoms with Crippen LogP contribution in [0.4, 0.5) is 0 Å². The molecule has 9 heteroatoms. The quantitative estimate of drug-likeness (QED) is 0.437. The summed E-state index contributed by atoms with van der Waals surface area (Å²) in [4.78, 5) is 27.2. The average molecular weight is 485 g/mol. The molecule has 5 rings (SSSR count). The molecule has 160 valence electrons. The normalized spacial score (nSPS) is 15.6. The van der Waals surface area contributed by atoms with Crippen molar-refractivity contribution in [2.24, 2.45) is 4.99 Å². The van der Waals surface area contributed by atoms with Crippen LogP contribution in [0.15, 0.2) is 64.5 Å². The van der Waals surface area contributed by atoms with Gasteiger partial charge in [0.15, 0.2) is 0 Å². The predicted molar refractivity (Wildman–Crippen MR) is 130 cm³/mol. The molecule has 2 aromatic carbocycles. The maximum Gasteiger partial charge on any atom is 0.267 e. The number of pyridine rings is 1. The van der Waals surface area contributed by atoms with E-state index < -0.39 is 0 Å². The Hall–Kier alpha value is -2.93. The Morgan fingerprint density at radius 3 is 2.41 bits per heavy atom. The predicted octanol–water partition coefficient (Wildman–Crippen LogP) is 5.15. The molecule has 3 heterocycles. The number of nitrogens with one attached hydrogen (secondary N) is 1. The summed E-state index contributed by atoms with van der Waals surface area (Å²) in [6, 6.07) is 14.4. The highest BCUT2D eigenvalue weighted by Gasteiger charge is 2.19. The molecule has 0 saturated heterocycles. The summed E-state index contributed by atoms with van der Waals surface area (Å²) in [5.41, 5.74) is 1.73. The Kier molecular flexibility index (Phi) is 5.37. The number of benzene rings is 2. The van der Waals surface area contributed by atoms with Gasteiger partial charge < -0.3 is 5.32 Å². The first kappa shape index (κ1) is 20.9. The van der Waals surface area contributed by atoms with Crippen molar-refractivity contribution in [2.45, 2.75) is 13.0 Å². The standard InChI is InChI=1S/C23H16Cl3N5O/c1-12-10-28-21(29-12)13-2-4-14(5-3-13)22-30-20-17(8-16(25)9-18(20)26)23(32)31(22)19-7-6-15(24)11-27-19/h2-9,11-12H,10H2,1H3,(H,28,29). The van der Waals surface area contributed by atoms with Gasteiger partial charge in [0.2, 0.25) is 0 Å². The summed E-state index contributed by atoms with van der Waals surface area (Å²) in [5.74, 6) is 1.65. The molecule has 0 saturated carbocycles. The summed E-state index contributed by atoms with van der Waals surface area (Å²) < 4.78 is 1.44. The fourth-order valence-corrected chi connectivity index (χ4v) is 4.28. The molecular weight excluding hydrogens is 469 g/mol. The van der Waals surface area contributed by atoms with Gasteiger partial charge in [-0.25, -0.2) is 14.5 Å². The molecule has 1 atom stereocenters. The van der Waals surface area contributed by atoms with Crippen molar-refractivity contribution in [3.05, 3.63) is 85.7 Å². The SMILES string of the molecule is CC1CNC(c2ccc(-c3nc4c(Cl)cc(Cl)cc4c(=O)n3-c3ccc(Cl)cn3)cc2)=N1. The molecule has 32 heavy (non-hydrogen) atoms. The molecule has 1 aliphatic rings. The Balaban J connectivity index is 1.74. The average Bonchev–Trinajstić information content (AvgIpc) is 3.21. The topological polar surface area (TPSA) is 72.2 Å². The van der Waals surface area contributed by atoms with Crippen molar-refractivity contribution in [3.8, 4) is 17.2 Å². The highest BCUT2D eigenvalue weighted by molar-refractivity contribution is 6.38. The van der Waals surface area contributed by atoms with Gasteiger partial charge >= 0.3 is 0 Å². The second kappa shape index (κ2) is 8.20. The maximum absolute atomic E-state index is 13.5. The van der Waals surface area contributed by atoms with Crippen LogP contribution in [0.5, 0.6) is 0 Å². The monoisotopic (exact) mass is 483 g/mol. The highest BCUT2D eigenvalue weighted by Crippen LogP contribution is 2.28. The van der Waals surface area contributed by atoms with E-state index in [4.69, 9.17) is 39.8 Å². The molecular formula is C23H16Cl3N5O. The molecule has 1 aliphatic heterocycles. The molecule has 0 aliphatic carbocycles. The summed E-state index contributed by atoms with van der Waals surface area (Å²) in [5, 5.41) is 4.72. The lowest BCUT2D eigenvalue weighted by atomic mass is 10.1. The first-order valence-corrected chi connectivity index (χ1v) is 11.0. The fourth-order valence-electron chi connectivity index (χ4n) is 3.63. The second-order valence-corrected chi connectivity index (χ2v) is 8.76. The number of aliphatic imine (C=N–C) groups is 1. The zero-order valence-electron chi connectivity index (χ0n) is 16.8. The molecule has 6 nitrogen and oxygen atoms in total. The van der Waals surface area contributed by atoms with Gasteiger partial charge in [-0.05, 0) is 31.2 Å². The Bertz CT molecular complexity index is 1430. The van der Waals surface area contributed by atoms with Crippen LogP contribution in [0.2, 0.25) is 15.1 Å². The molecule has 0 spiro atoms. The zero-order chi connectivity index (χ0) is 22.4. The minimum atomic E-state index is -0.330. The van der Waals surface area contributed by atoms with Crippen molar-refractivity contribution in [1.82, 2.24) is 19.9 Å². The molecule has 0 bridgehead atoms. The molecule has 4 aromatic rings. The van der Waals surface area contributed by atoms with Crippen LogP contribution in [0.25, 0.3) is 28.1 Å². The Labute approximate surface area is 198 Å². The molecule has 0 fully saturated rings. The summed E-state index contributed by atoms with van der Waals surface area (Å²) in [7, 11) is 0. The van der Waals surface area contributed by atoms with Gasteiger partial charge in [-0.15, -0.1) is 0 Å². The lowest BCUT2D eigenvalue weighted by molar-refractivity contribution is 0.766. The van der Waals surface area contributed by atoms with Gasteiger partial charge in [0.05, 0.1) is 27.0 Å². The summed E-state index contributed by atoms with van der Waals surface area (Å²) >= 11 is 18.5. The van der Waals surface area contributed by atoms with Crippen molar-refractivity contribution < 1.29 is 0 Å². The van der Waals surface area contributed by atoms with Gasteiger partial charge in [0, 0.05) is 28.9 Å². The van der Waals surface area contributed by atoms with E-state index in [1.165, 1.54) is 10.8 Å². The van der Waals surface area contributed by atoms with Crippen LogP contribution in [0.1, 0.15) is 12.5 Å². The first-order valence-electron chi connectivity index (χ1n) is 9.87. The first-order chi connectivity index (χ1) is 15.4. The largest absolute Gasteiger partial charge is 0.368 e. The number of halogens is 3. The van der Waals surface area contributed by atoms with Crippen molar-refractivity contribution in [2.75, 3.05) is 6.54 Å². The van der Waals surface area contributed by atoms with Crippen molar-refractivity contribution in [1.29, 1.82) is 0 Å². The van der Waals surface area contributed by atoms with E-state index in [2.05, 4.69) is 22.2 Å². The van der Waals surface area contributed by atoms with E-state index in [9.17, 15) is 4.79 Å². The third-order valence-electron chi connectivity index (χ3n) is 5.16. The van der Waals surface area contributed by atoms with Gasteiger partial charge in [-0.1, -0.05) is 59.1 Å². The van der Waals surface area contributed by atoms with Gasteiger partial charge in [0.25, 0.3) is 5.56 Å². The number of amidine groups is 1. The summed E-state index contributed by atoms with van der Waals surface area (Å²) in [6.45, 7) is 2.87. The van der Waals surface area contributed by atoms with E-state index in [-0.39, 0.29) is 11.6 Å². The Morgan fingerprint density at radius 1 is 1.00 bits per heavy atom. The third kappa shape index (κ3) is 3.75. The van der Waals surface area contributed by atoms with E-state index in [0.29, 0.717) is 37.6 Å². The van der Waals surface area contributed by atoms with Crippen LogP contribution in [-0.2, 0) is 0 Å². The number of rotatable bonds is 3. The van der Waals surface area contributed by atoms with Crippen LogP contribution < -0.4 is 10.9 Å². The maximum atomic E-state index is 13.5. The van der Waals surface area contributed by atoms with E-state index >= 15 is 0 Å². The number of nitrogens with zero attached hydrogens (tertiary/aromatic N) is 4. The van der Waals surface area contributed by atoms with E-state index in [1.807, 2.05) is 24.3 Å². The molecule has 1 N–H and O–H groups in total. The van der Waals surface area contributed by atoms with Crippen molar-refractivity contribution >= 4 is 51.5 Å². The second-order valence-electron chi connectivity index (χ2n) is 7.48. The fraction of sp³-hybridized carbons (Fsp3) is 0.130. The van der Waals surface area contributed by atoms with Crippen LogP contribution in [0, 0.1) is 0 Å². The zero-order valence-corrected chi connectivity index (χ0v) is 19.1. The van der Waals surface area contributed by atoms with E-state index in [1.54, 1.807) is 24.3 Å². The Morgan fingerprint density at radius 2 is 1.75 bits per heavy atom. The van der Waals surface area contributed by atoms with Crippen LogP contribution in [0.3, 0.4) is 0 Å². The highest BCUT2D eigenvalue weighted by atomic mass is 35.5. The molecule has 1 unspecified atom stereocenters. The number of hydrogen-bond donors (Lipinski definition) is 1. The summed E-state index contributed by atoms with van der Waals surface area (Å²) in [6.07, 6.45) is 1.48. The van der Waals surface area contributed by atoms with E-state index in [0.717, 1.165) is 23.5 Å². The number of hydrogen-bond acceptors (Lipinski definition) is 5. The molecule has 0 amide bonds. The third-order valence-corrected chi connectivity index (χ3v) is 5.89. The minimum Gasteiger partial charge on any atom is -0.368 e. The molecule has 0 radical (unpaired) electrons. The van der Waals surface area contributed by atoms with Gasteiger partial charge in [0.1, 0.15) is 17.5 Å². The minimum absolute atomic E-state index is 0.238. The van der Waals surface area contributed by atoms with Crippen LogP contribution in [-0.4, -0.2) is 33.0 Å². The smallest absolute Gasteiger partial charge is 0.267 e. The lowest BCUT2D eigenvalue weighted by Crippen LogP contribution is -2.23. The van der Waals surface area contributed by atoms with Gasteiger partial charge in [-0.2, -0.15) is 0 Å². The van der Waals surface area contributed by atoms with Crippen molar-refractivity contribution in [3.63, 3.8) is 0 Å².